The molecular formula is C22H18O10. The standard InChI is InChI=1S/C22H18O10/c23-11-6-14(25)12-8-19(32-22(30)9-1-2-13(24)15(26)3-9)21(31-18(12)7-11)10-4-16(27)20(29)17(28)5-10/h1-7,19,21,23-29H,8H2. The molecule has 1 heterocycles. The molecule has 0 saturated carbocycles. The molecule has 0 aliphatic carbocycles. The lowest BCUT2D eigenvalue weighted by Crippen LogP contribution is -2.34. The largest absolute Gasteiger partial charge is 0.508 e. The normalized spacial score (nSPS) is 17.2. The molecule has 7 N–H and O–H groups in total. The van der Waals surface area contributed by atoms with Crippen molar-refractivity contribution in [2.45, 2.75) is 18.6 Å². The van der Waals surface area contributed by atoms with Crippen LogP contribution in [-0.4, -0.2) is 47.8 Å². The van der Waals surface area contributed by atoms with E-state index in [2.05, 4.69) is 0 Å². The van der Waals surface area contributed by atoms with Crippen LogP contribution in [0.2, 0.25) is 0 Å². The summed E-state index contributed by atoms with van der Waals surface area (Å²) in [5.41, 5.74) is 0.312. The van der Waals surface area contributed by atoms with Gasteiger partial charge in [-0.25, -0.2) is 4.79 Å². The molecule has 166 valence electrons. The van der Waals surface area contributed by atoms with E-state index in [0.717, 1.165) is 30.3 Å². The van der Waals surface area contributed by atoms with Gasteiger partial charge in [-0.15, -0.1) is 0 Å². The van der Waals surface area contributed by atoms with Gasteiger partial charge in [-0.3, -0.25) is 0 Å². The number of benzene rings is 3. The summed E-state index contributed by atoms with van der Waals surface area (Å²) in [6.45, 7) is 0. The Hall–Kier alpha value is -4.47. The third-order valence-corrected chi connectivity index (χ3v) is 5.06. The Kier molecular flexibility index (Phi) is 4.97. The van der Waals surface area contributed by atoms with Crippen LogP contribution in [0.25, 0.3) is 0 Å². The van der Waals surface area contributed by atoms with Crippen molar-refractivity contribution in [1.29, 1.82) is 0 Å². The van der Waals surface area contributed by atoms with E-state index in [1.165, 1.54) is 12.1 Å². The highest BCUT2D eigenvalue weighted by molar-refractivity contribution is 5.90. The molecule has 0 aromatic heterocycles. The maximum atomic E-state index is 12.7. The molecule has 3 aromatic rings. The second-order valence-corrected chi connectivity index (χ2v) is 7.24. The average molecular weight is 442 g/mol. The Morgan fingerprint density at radius 3 is 2.16 bits per heavy atom. The van der Waals surface area contributed by atoms with Crippen LogP contribution >= 0.6 is 0 Å². The van der Waals surface area contributed by atoms with Crippen molar-refractivity contribution in [3.63, 3.8) is 0 Å². The SMILES string of the molecule is O=C(OC1Cc2c(O)cc(O)cc2OC1c1cc(O)c(O)c(O)c1)c1ccc(O)c(O)c1. The molecule has 0 fully saturated rings. The molecule has 1 aliphatic heterocycles. The topological polar surface area (TPSA) is 177 Å². The monoisotopic (exact) mass is 442 g/mol. The number of aromatic hydroxyl groups is 7. The fraction of sp³-hybridized carbons (Fsp3) is 0.136. The quantitative estimate of drug-likeness (QED) is 0.235. The number of hydrogen-bond acceptors (Lipinski definition) is 10. The van der Waals surface area contributed by atoms with Crippen molar-refractivity contribution in [3.8, 4) is 46.0 Å². The van der Waals surface area contributed by atoms with Crippen molar-refractivity contribution in [3.05, 3.63) is 59.2 Å². The second kappa shape index (κ2) is 7.65. The summed E-state index contributed by atoms with van der Waals surface area (Å²) in [5.74, 6) is -4.32. The number of ether oxygens (including phenoxy) is 2. The lowest BCUT2D eigenvalue weighted by molar-refractivity contribution is -0.0189. The van der Waals surface area contributed by atoms with E-state index in [4.69, 9.17) is 9.47 Å². The Bertz CT molecular complexity index is 1200. The van der Waals surface area contributed by atoms with Crippen LogP contribution in [0.1, 0.15) is 27.6 Å². The minimum atomic E-state index is -1.12. The zero-order valence-corrected chi connectivity index (χ0v) is 16.3. The van der Waals surface area contributed by atoms with Crippen LogP contribution in [-0.2, 0) is 11.2 Å². The van der Waals surface area contributed by atoms with Gasteiger partial charge in [0.15, 0.2) is 34.9 Å². The Morgan fingerprint density at radius 2 is 1.50 bits per heavy atom. The van der Waals surface area contributed by atoms with Crippen LogP contribution in [0.4, 0.5) is 0 Å². The number of esters is 1. The predicted octanol–water partition coefficient (Wildman–Crippen LogP) is 2.53. The fourth-order valence-electron chi connectivity index (χ4n) is 3.48. The molecule has 0 spiro atoms. The number of carbonyl (C=O) groups is 1. The van der Waals surface area contributed by atoms with Gasteiger partial charge in [0.2, 0.25) is 0 Å². The molecule has 2 unspecified atom stereocenters. The lowest BCUT2D eigenvalue weighted by atomic mass is 9.93. The van der Waals surface area contributed by atoms with E-state index in [1.807, 2.05) is 0 Å². The third-order valence-electron chi connectivity index (χ3n) is 5.06. The molecular weight excluding hydrogens is 424 g/mol. The summed E-state index contributed by atoms with van der Waals surface area (Å²) in [6.07, 6.45) is -2.27. The number of phenols is 7. The predicted molar refractivity (Wildman–Crippen MR) is 107 cm³/mol. The molecule has 10 nitrogen and oxygen atoms in total. The summed E-state index contributed by atoms with van der Waals surface area (Å²) in [4.78, 5) is 12.7. The summed E-state index contributed by atoms with van der Waals surface area (Å²) in [7, 11) is 0. The first-order chi connectivity index (χ1) is 15.1. The van der Waals surface area contributed by atoms with E-state index in [1.54, 1.807) is 0 Å². The third kappa shape index (κ3) is 3.69. The van der Waals surface area contributed by atoms with Gasteiger partial charge < -0.3 is 45.2 Å². The molecule has 32 heavy (non-hydrogen) atoms. The molecule has 4 rings (SSSR count). The summed E-state index contributed by atoms with van der Waals surface area (Å²) < 4.78 is 11.4. The molecule has 0 saturated heterocycles. The molecule has 1 aliphatic rings. The van der Waals surface area contributed by atoms with Gasteiger partial charge >= 0.3 is 5.97 Å². The van der Waals surface area contributed by atoms with Gasteiger partial charge in [0, 0.05) is 29.7 Å². The summed E-state index contributed by atoms with van der Waals surface area (Å²) >= 11 is 0. The molecule has 0 radical (unpaired) electrons. The Morgan fingerprint density at radius 1 is 0.812 bits per heavy atom. The first kappa shape index (κ1) is 20.8. The number of hydrogen-bond donors (Lipinski definition) is 7. The van der Waals surface area contributed by atoms with Gasteiger partial charge in [0.05, 0.1) is 5.56 Å². The zero-order valence-electron chi connectivity index (χ0n) is 16.3. The minimum Gasteiger partial charge on any atom is -0.508 e. The highest BCUT2D eigenvalue weighted by atomic mass is 16.6. The Labute approximate surface area is 180 Å². The number of carbonyl (C=O) groups excluding carboxylic acids is 1. The molecule has 0 amide bonds. The fourth-order valence-corrected chi connectivity index (χ4v) is 3.48. The molecule has 2 atom stereocenters. The summed E-state index contributed by atoms with van der Waals surface area (Å²) in [5, 5.41) is 68.5. The van der Waals surface area contributed by atoms with E-state index >= 15 is 0 Å². The molecule has 3 aromatic carbocycles. The highest BCUT2D eigenvalue weighted by Crippen LogP contribution is 2.45. The maximum absolute atomic E-state index is 12.7. The van der Waals surface area contributed by atoms with Gasteiger partial charge in [0.25, 0.3) is 0 Å². The van der Waals surface area contributed by atoms with E-state index < -0.39 is 46.9 Å². The first-order valence-corrected chi connectivity index (χ1v) is 9.33. The van der Waals surface area contributed by atoms with E-state index in [0.29, 0.717) is 0 Å². The van der Waals surface area contributed by atoms with Crippen LogP contribution in [0, 0.1) is 0 Å². The van der Waals surface area contributed by atoms with Crippen molar-refractivity contribution in [2.75, 3.05) is 0 Å². The average Bonchev–Trinajstić information content (AvgIpc) is 2.73. The van der Waals surface area contributed by atoms with Crippen molar-refractivity contribution in [2.24, 2.45) is 0 Å². The van der Waals surface area contributed by atoms with Gasteiger partial charge in [-0.1, -0.05) is 0 Å². The smallest absolute Gasteiger partial charge is 0.338 e. The first-order valence-electron chi connectivity index (χ1n) is 9.33. The van der Waals surface area contributed by atoms with Gasteiger partial charge in [0.1, 0.15) is 23.4 Å². The lowest BCUT2D eigenvalue weighted by Gasteiger charge is -2.34. The Balaban J connectivity index is 1.74. The number of fused-ring (bicyclic) bond motifs is 1. The zero-order chi connectivity index (χ0) is 23.2. The maximum Gasteiger partial charge on any atom is 0.338 e. The second-order valence-electron chi connectivity index (χ2n) is 7.24. The van der Waals surface area contributed by atoms with Crippen molar-refractivity contribution >= 4 is 5.97 Å². The van der Waals surface area contributed by atoms with Crippen LogP contribution in [0.15, 0.2) is 42.5 Å². The molecule has 10 heteroatoms. The van der Waals surface area contributed by atoms with E-state index in [9.17, 15) is 40.5 Å². The molecule has 0 bridgehead atoms. The van der Waals surface area contributed by atoms with Crippen LogP contribution < -0.4 is 4.74 Å². The summed E-state index contributed by atoms with van der Waals surface area (Å²) in [6, 6.07) is 7.92. The van der Waals surface area contributed by atoms with Crippen molar-refractivity contribution < 1.29 is 50.0 Å². The highest BCUT2D eigenvalue weighted by Gasteiger charge is 2.37. The minimum absolute atomic E-state index is 0.0652. The van der Waals surface area contributed by atoms with E-state index in [-0.39, 0.29) is 40.4 Å². The van der Waals surface area contributed by atoms with Gasteiger partial charge in [-0.2, -0.15) is 0 Å². The van der Waals surface area contributed by atoms with Gasteiger partial charge in [-0.05, 0) is 30.3 Å². The number of phenolic OH excluding ortho intramolecular Hbond substituents is 7. The van der Waals surface area contributed by atoms with Crippen molar-refractivity contribution in [1.82, 2.24) is 0 Å². The van der Waals surface area contributed by atoms with Crippen LogP contribution in [0.5, 0.6) is 46.0 Å². The number of rotatable bonds is 3. The van der Waals surface area contributed by atoms with Crippen LogP contribution in [0.3, 0.4) is 0 Å².